The van der Waals surface area contributed by atoms with E-state index in [2.05, 4.69) is 76.7 Å². The number of benzene rings is 2. The van der Waals surface area contributed by atoms with Crippen molar-refractivity contribution in [3.05, 3.63) is 59.4 Å². The highest BCUT2D eigenvalue weighted by Gasteiger charge is 2.21. The normalized spacial score (nSPS) is 14.8. The molecule has 2 aromatic carbocycles. The van der Waals surface area contributed by atoms with Crippen LogP contribution in [0.3, 0.4) is 0 Å². The van der Waals surface area contributed by atoms with Crippen LogP contribution in [0.25, 0.3) is 27.7 Å². The number of hydrogen-bond donors (Lipinski definition) is 2. The Bertz CT molecular complexity index is 1350. The summed E-state index contributed by atoms with van der Waals surface area (Å²) in [5, 5.41) is 12.5. The molecule has 0 aliphatic carbocycles. The van der Waals surface area contributed by atoms with E-state index >= 15 is 0 Å². The van der Waals surface area contributed by atoms with Crippen molar-refractivity contribution in [2.24, 2.45) is 5.73 Å². The van der Waals surface area contributed by atoms with Crippen molar-refractivity contribution in [2.45, 2.75) is 52.5 Å². The van der Waals surface area contributed by atoms with E-state index < -0.39 is 6.03 Å². The second kappa shape index (κ2) is 9.06. The van der Waals surface area contributed by atoms with Gasteiger partial charge in [-0.1, -0.05) is 50.6 Å². The number of nitrogens with one attached hydrogen (secondary N) is 1. The van der Waals surface area contributed by atoms with E-state index in [-0.39, 0.29) is 5.92 Å². The van der Waals surface area contributed by atoms with Crippen LogP contribution in [0.15, 0.2) is 42.5 Å². The molecule has 0 spiro atoms. The van der Waals surface area contributed by atoms with Crippen molar-refractivity contribution in [1.29, 1.82) is 0 Å². The number of aryl methyl sites for hydroxylation is 1. The summed E-state index contributed by atoms with van der Waals surface area (Å²) in [6, 6.07) is 14.8. The Morgan fingerprint density at radius 2 is 1.74 bits per heavy atom. The topological polar surface area (TPSA) is 88.5 Å². The number of likely N-dealkylation sites (tertiary alicyclic amines) is 1. The maximum Gasteiger partial charge on any atom is 0.316 e. The lowest BCUT2D eigenvalue weighted by Gasteiger charge is -2.26. The van der Waals surface area contributed by atoms with E-state index in [1.807, 2.05) is 11.3 Å². The third-order valence-corrected chi connectivity index (χ3v) is 6.81. The third-order valence-electron chi connectivity index (χ3n) is 6.81. The second-order valence-corrected chi connectivity index (χ2v) is 9.60. The smallest absolute Gasteiger partial charge is 0.316 e. The lowest BCUT2D eigenvalue weighted by atomic mass is 9.93. The predicted octanol–water partition coefficient (Wildman–Crippen LogP) is 5.46. The Morgan fingerprint density at radius 3 is 2.41 bits per heavy atom. The van der Waals surface area contributed by atoms with Crippen LogP contribution in [-0.2, 0) is 6.54 Å². The summed E-state index contributed by atoms with van der Waals surface area (Å²) >= 11 is 0. The number of piperidine rings is 1. The number of nitrogens with zero attached hydrogens (tertiary/aromatic N) is 4. The number of hydrogen-bond acceptors (Lipinski definition) is 4. The van der Waals surface area contributed by atoms with E-state index in [0.29, 0.717) is 11.3 Å². The zero-order chi connectivity index (χ0) is 23.8. The summed E-state index contributed by atoms with van der Waals surface area (Å²) in [5.74, 6) is 0.908. The number of aromatic nitrogens is 3. The first kappa shape index (κ1) is 22.3. The highest BCUT2D eigenvalue weighted by Crippen LogP contribution is 2.38. The molecule has 2 aromatic heterocycles. The van der Waals surface area contributed by atoms with E-state index in [1.165, 1.54) is 43.5 Å². The number of anilines is 1. The van der Waals surface area contributed by atoms with Crippen LogP contribution in [-0.4, -0.2) is 38.6 Å². The first-order chi connectivity index (χ1) is 16.4. The number of pyridine rings is 1. The predicted molar refractivity (Wildman–Crippen MR) is 137 cm³/mol. The Balaban J connectivity index is 1.59. The molecule has 0 radical (unpaired) electrons. The van der Waals surface area contributed by atoms with Crippen LogP contribution in [0, 0.1) is 6.92 Å². The molecule has 0 unspecified atom stereocenters. The van der Waals surface area contributed by atoms with Gasteiger partial charge in [0, 0.05) is 11.9 Å². The Kier molecular flexibility index (Phi) is 5.96. The number of fused-ring (bicyclic) bond motifs is 3. The SMILES string of the molecule is Cc1nnc2c(NC(N)=O)c(C(C)C)c3cc(-c4ccc(CN5CCCCC5)cc4)ccc3n12. The molecule has 1 saturated heterocycles. The van der Waals surface area contributed by atoms with Crippen molar-refractivity contribution in [2.75, 3.05) is 18.4 Å². The Morgan fingerprint density at radius 1 is 1.03 bits per heavy atom. The summed E-state index contributed by atoms with van der Waals surface area (Å²) in [6.07, 6.45) is 3.96. The van der Waals surface area contributed by atoms with Gasteiger partial charge in [0.25, 0.3) is 0 Å². The van der Waals surface area contributed by atoms with Crippen molar-refractivity contribution in [3.63, 3.8) is 0 Å². The fourth-order valence-electron chi connectivity index (χ4n) is 5.22. The van der Waals surface area contributed by atoms with E-state index in [4.69, 9.17) is 5.73 Å². The van der Waals surface area contributed by atoms with Crippen LogP contribution in [0.5, 0.6) is 0 Å². The molecule has 1 aliphatic heterocycles. The van der Waals surface area contributed by atoms with Crippen molar-refractivity contribution >= 4 is 28.3 Å². The van der Waals surface area contributed by atoms with Crippen molar-refractivity contribution in [3.8, 4) is 11.1 Å². The number of rotatable bonds is 5. The summed E-state index contributed by atoms with van der Waals surface area (Å²) in [7, 11) is 0. The van der Waals surface area contributed by atoms with Gasteiger partial charge >= 0.3 is 6.03 Å². The van der Waals surface area contributed by atoms with Gasteiger partial charge in [-0.25, -0.2) is 4.79 Å². The minimum atomic E-state index is -0.607. The standard InChI is InChI=1S/C27H32N6O/c1-17(2)24-22-15-21(20-9-7-19(8-10-20)16-32-13-5-4-6-14-32)11-12-23(22)33-18(3)30-31-26(33)25(24)29-27(28)34/h7-12,15,17H,4-6,13-14,16H2,1-3H3,(H3,28,29,34). The van der Waals surface area contributed by atoms with Crippen LogP contribution < -0.4 is 11.1 Å². The molecule has 1 aliphatic rings. The Hall–Kier alpha value is -3.45. The monoisotopic (exact) mass is 456 g/mol. The largest absolute Gasteiger partial charge is 0.351 e. The molecular formula is C27H32N6O. The minimum Gasteiger partial charge on any atom is -0.351 e. The van der Waals surface area contributed by atoms with E-state index in [1.54, 1.807) is 0 Å². The number of amides is 2. The highest BCUT2D eigenvalue weighted by atomic mass is 16.2. The molecule has 0 atom stereocenters. The lowest BCUT2D eigenvalue weighted by molar-refractivity contribution is 0.221. The van der Waals surface area contributed by atoms with Crippen LogP contribution in [0.4, 0.5) is 10.5 Å². The number of carbonyl (C=O) groups excluding carboxylic acids is 1. The van der Waals surface area contributed by atoms with Gasteiger partial charge in [-0.05, 0) is 73.2 Å². The van der Waals surface area contributed by atoms with Gasteiger partial charge < -0.3 is 11.1 Å². The zero-order valence-corrected chi connectivity index (χ0v) is 20.1. The molecule has 3 N–H and O–H groups in total. The molecule has 1 fully saturated rings. The zero-order valence-electron chi connectivity index (χ0n) is 20.1. The highest BCUT2D eigenvalue weighted by molar-refractivity contribution is 6.01. The fraction of sp³-hybridized carbons (Fsp3) is 0.370. The van der Waals surface area contributed by atoms with Gasteiger partial charge in [0.2, 0.25) is 0 Å². The number of urea groups is 1. The van der Waals surface area contributed by atoms with Gasteiger partial charge in [0.1, 0.15) is 5.82 Å². The quantitative estimate of drug-likeness (QED) is 0.417. The summed E-state index contributed by atoms with van der Waals surface area (Å²) in [5.41, 5.74) is 12.5. The average Bonchev–Trinajstić information content (AvgIpc) is 3.21. The molecule has 0 saturated carbocycles. The Labute approximate surface area is 200 Å². The fourth-order valence-corrected chi connectivity index (χ4v) is 5.22. The first-order valence-electron chi connectivity index (χ1n) is 12.1. The molecule has 34 heavy (non-hydrogen) atoms. The van der Waals surface area contributed by atoms with Crippen molar-refractivity contribution in [1.82, 2.24) is 19.5 Å². The third kappa shape index (κ3) is 4.12. The van der Waals surface area contributed by atoms with Crippen LogP contribution in [0.2, 0.25) is 0 Å². The van der Waals surface area contributed by atoms with Gasteiger partial charge in [-0.2, -0.15) is 0 Å². The number of primary amides is 1. The van der Waals surface area contributed by atoms with E-state index in [9.17, 15) is 4.79 Å². The van der Waals surface area contributed by atoms with Crippen LogP contribution >= 0.6 is 0 Å². The van der Waals surface area contributed by atoms with Gasteiger partial charge in [-0.3, -0.25) is 9.30 Å². The summed E-state index contributed by atoms with van der Waals surface area (Å²) in [4.78, 5) is 14.4. The number of nitrogens with two attached hydrogens (primary N) is 1. The average molecular weight is 457 g/mol. The maximum absolute atomic E-state index is 11.8. The van der Waals surface area contributed by atoms with Gasteiger partial charge in [0.05, 0.1) is 11.2 Å². The molecular weight excluding hydrogens is 424 g/mol. The second-order valence-electron chi connectivity index (χ2n) is 9.60. The van der Waals surface area contributed by atoms with Gasteiger partial charge in [-0.15, -0.1) is 10.2 Å². The molecule has 176 valence electrons. The summed E-state index contributed by atoms with van der Waals surface area (Å²) < 4.78 is 1.98. The molecule has 3 heterocycles. The minimum absolute atomic E-state index is 0.147. The molecule has 4 aromatic rings. The molecule has 5 rings (SSSR count). The molecule has 0 bridgehead atoms. The van der Waals surface area contributed by atoms with Crippen LogP contribution in [0.1, 0.15) is 56.0 Å². The number of carbonyl (C=O) groups is 1. The molecule has 2 amide bonds. The molecule has 7 nitrogen and oxygen atoms in total. The van der Waals surface area contributed by atoms with Gasteiger partial charge in [0.15, 0.2) is 5.65 Å². The molecule has 7 heteroatoms. The maximum atomic E-state index is 11.8. The lowest BCUT2D eigenvalue weighted by Crippen LogP contribution is -2.28. The van der Waals surface area contributed by atoms with Crippen molar-refractivity contribution < 1.29 is 4.79 Å². The summed E-state index contributed by atoms with van der Waals surface area (Å²) in [6.45, 7) is 9.55. The first-order valence-corrected chi connectivity index (χ1v) is 12.1. The van der Waals surface area contributed by atoms with E-state index in [0.717, 1.165) is 34.4 Å².